The smallest absolute Gasteiger partial charge is 0.315 e. The number of hydrogen-bond acceptors (Lipinski definition) is 5. The van der Waals surface area contributed by atoms with Crippen molar-refractivity contribution in [3.05, 3.63) is 48.3 Å². The molecule has 2 aromatic rings. The zero-order valence-electron chi connectivity index (χ0n) is 14.2. The zero-order chi connectivity index (χ0) is 17.5. The lowest BCUT2D eigenvalue weighted by Gasteiger charge is -2.19. The average molecular weight is 341 g/mol. The molecule has 7 nitrogen and oxygen atoms in total. The number of aromatic nitrogens is 2. The van der Waals surface area contributed by atoms with Crippen molar-refractivity contribution in [3.63, 3.8) is 0 Å². The average Bonchev–Trinajstić information content (AvgIpc) is 3.49. The second-order valence-electron chi connectivity index (χ2n) is 5.99. The summed E-state index contributed by atoms with van der Waals surface area (Å²) < 4.78 is 5.19. The molecular formula is C18H23N5O2. The first-order valence-electron chi connectivity index (χ1n) is 8.45. The molecule has 0 spiro atoms. The number of carbonyl (C=O) groups is 1. The third kappa shape index (κ3) is 5.07. The summed E-state index contributed by atoms with van der Waals surface area (Å²) in [6.07, 6.45) is 5.63. The molecule has 1 aliphatic carbocycles. The number of carbonyl (C=O) groups excluding carboxylic acids is 1. The van der Waals surface area contributed by atoms with Gasteiger partial charge >= 0.3 is 6.03 Å². The molecule has 1 aliphatic rings. The Kier molecular flexibility index (Phi) is 5.66. The number of nitrogens with zero attached hydrogens (tertiary/aromatic N) is 2. The third-order valence-corrected chi connectivity index (χ3v) is 4.11. The van der Waals surface area contributed by atoms with Crippen LogP contribution in [0.15, 0.2) is 42.7 Å². The Morgan fingerprint density at radius 1 is 1.20 bits per heavy atom. The molecule has 2 amide bonds. The molecule has 1 fully saturated rings. The van der Waals surface area contributed by atoms with Crippen molar-refractivity contribution in [2.45, 2.75) is 18.9 Å². The molecule has 0 bridgehead atoms. The third-order valence-electron chi connectivity index (χ3n) is 4.11. The van der Waals surface area contributed by atoms with Crippen LogP contribution in [-0.2, 0) is 0 Å². The van der Waals surface area contributed by atoms with Gasteiger partial charge in [-0.2, -0.15) is 0 Å². The van der Waals surface area contributed by atoms with Crippen molar-refractivity contribution in [1.82, 2.24) is 20.6 Å². The van der Waals surface area contributed by atoms with Crippen molar-refractivity contribution < 1.29 is 9.53 Å². The maximum absolute atomic E-state index is 12.2. The highest BCUT2D eigenvalue weighted by Crippen LogP contribution is 2.41. The quantitative estimate of drug-likeness (QED) is 0.642. The summed E-state index contributed by atoms with van der Waals surface area (Å²) in [5, 5.41) is 9.00. The Morgan fingerprint density at radius 2 is 1.92 bits per heavy atom. The second kappa shape index (κ2) is 8.32. The molecule has 0 aliphatic heterocycles. The summed E-state index contributed by atoms with van der Waals surface area (Å²) in [6, 6.07) is 9.50. The summed E-state index contributed by atoms with van der Waals surface area (Å²) in [4.78, 5) is 20.3. The van der Waals surface area contributed by atoms with Gasteiger partial charge in [0.15, 0.2) is 0 Å². The van der Waals surface area contributed by atoms with E-state index in [1.807, 2.05) is 24.3 Å². The van der Waals surface area contributed by atoms with Crippen LogP contribution in [-0.4, -0.2) is 36.2 Å². The highest BCUT2D eigenvalue weighted by Gasteiger charge is 2.33. The Bertz CT molecular complexity index is 674. The van der Waals surface area contributed by atoms with Crippen LogP contribution < -0.4 is 20.7 Å². The first kappa shape index (κ1) is 17.0. The number of anilines is 1. The van der Waals surface area contributed by atoms with Gasteiger partial charge in [0, 0.05) is 25.5 Å². The monoisotopic (exact) mass is 341 g/mol. The molecule has 3 rings (SSSR count). The predicted molar refractivity (Wildman–Crippen MR) is 95.5 cm³/mol. The normalized spacial score (nSPS) is 14.4. The molecule has 1 aromatic heterocycles. The van der Waals surface area contributed by atoms with E-state index in [0.717, 1.165) is 24.2 Å². The van der Waals surface area contributed by atoms with E-state index in [2.05, 4.69) is 25.9 Å². The van der Waals surface area contributed by atoms with Gasteiger partial charge in [-0.3, -0.25) is 0 Å². The number of amides is 2. The van der Waals surface area contributed by atoms with Crippen LogP contribution in [0.3, 0.4) is 0 Å². The minimum atomic E-state index is -0.163. The molecule has 25 heavy (non-hydrogen) atoms. The highest BCUT2D eigenvalue weighted by molar-refractivity contribution is 5.74. The fourth-order valence-electron chi connectivity index (χ4n) is 2.65. The van der Waals surface area contributed by atoms with E-state index >= 15 is 0 Å². The van der Waals surface area contributed by atoms with Gasteiger partial charge in [0.1, 0.15) is 5.75 Å². The molecule has 1 heterocycles. The zero-order valence-corrected chi connectivity index (χ0v) is 14.2. The predicted octanol–water partition coefficient (Wildman–Crippen LogP) is 2.35. The highest BCUT2D eigenvalue weighted by atomic mass is 16.5. The van der Waals surface area contributed by atoms with Crippen LogP contribution >= 0.6 is 0 Å². The fraction of sp³-hybridized carbons (Fsp3) is 0.389. The van der Waals surface area contributed by atoms with Gasteiger partial charge in [-0.05, 0) is 42.5 Å². The molecule has 1 saturated carbocycles. The number of ether oxygens (including phenoxy) is 1. The van der Waals surface area contributed by atoms with E-state index in [-0.39, 0.29) is 12.1 Å². The number of hydrogen-bond donors (Lipinski definition) is 3. The van der Waals surface area contributed by atoms with E-state index in [1.165, 1.54) is 0 Å². The minimum absolute atomic E-state index is 0.0383. The van der Waals surface area contributed by atoms with Crippen molar-refractivity contribution in [3.8, 4) is 5.75 Å². The Balaban J connectivity index is 1.46. The Morgan fingerprint density at radius 3 is 2.56 bits per heavy atom. The van der Waals surface area contributed by atoms with Crippen LogP contribution in [0.1, 0.15) is 24.4 Å². The maximum atomic E-state index is 12.2. The summed E-state index contributed by atoms with van der Waals surface area (Å²) >= 11 is 0. The van der Waals surface area contributed by atoms with Crippen molar-refractivity contribution >= 4 is 12.0 Å². The van der Waals surface area contributed by atoms with Crippen molar-refractivity contribution in [2.24, 2.45) is 5.92 Å². The number of rotatable bonds is 8. The summed E-state index contributed by atoms with van der Waals surface area (Å²) in [5.41, 5.74) is 1.11. The Labute approximate surface area is 147 Å². The van der Waals surface area contributed by atoms with E-state index < -0.39 is 0 Å². The van der Waals surface area contributed by atoms with Gasteiger partial charge < -0.3 is 20.7 Å². The van der Waals surface area contributed by atoms with Gasteiger partial charge in [-0.25, -0.2) is 14.8 Å². The number of urea groups is 1. The molecule has 7 heteroatoms. The lowest BCUT2D eigenvalue weighted by Crippen LogP contribution is -2.40. The van der Waals surface area contributed by atoms with Crippen molar-refractivity contribution in [2.75, 3.05) is 25.5 Å². The SMILES string of the molecule is COc1ccc([C@@H](NC(=O)NCCNc2ncccn2)C2CC2)cc1. The summed E-state index contributed by atoms with van der Waals surface area (Å²) in [6.45, 7) is 1.05. The number of methoxy groups -OCH3 is 1. The van der Waals surface area contributed by atoms with Crippen LogP contribution in [0.5, 0.6) is 5.75 Å². The first-order chi connectivity index (χ1) is 12.3. The molecule has 1 atom stereocenters. The number of benzene rings is 1. The van der Waals surface area contributed by atoms with E-state index in [9.17, 15) is 4.79 Å². The fourth-order valence-corrected chi connectivity index (χ4v) is 2.65. The van der Waals surface area contributed by atoms with Crippen LogP contribution in [0.4, 0.5) is 10.7 Å². The summed E-state index contributed by atoms with van der Waals surface area (Å²) in [7, 11) is 1.65. The van der Waals surface area contributed by atoms with E-state index in [1.54, 1.807) is 25.6 Å². The van der Waals surface area contributed by atoms with Gasteiger partial charge in [0.05, 0.1) is 13.2 Å². The van der Waals surface area contributed by atoms with Gasteiger partial charge in [0.25, 0.3) is 0 Å². The van der Waals surface area contributed by atoms with E-state index in [0.29, 0.717) is 25.0 Å². The van der Waals surface area contributed by atoms with E-state index in [4.69, 9.17) is 4.74 Å². The van der Waals surface area contributed by atoms with Gasteiger partial charge in [0.2, 0.25) is 5.95 Å². The molecule has 3 N–H and O–H groups in total. The van der Waals surface area contributed by atoms with Crippen LogP contribution in [0.2, 0.25) is 0 Å². The lowest BCUT2D eigenvalue weighted by atomic mass is 10.0. The van der Waals surface area contributed by atoms with Gasteiger partial charge in [-0.1, -0.05) is 12.1 Å². The molecule has 0 saturated heterocycles. The molecule has 1 aromatic carbocycles. The molecular weight excluding hydrogens is 318 g/mol. The standard InChI is InChI=1S/C18H23N5O2/c1-25-15-7-5-14(6-8-15)16(13-3-4-13)23-18(24)22-12-11-21-17-19-9-2-10-20-17/h2,5-10,13,16H,3-4,11-12H2,1H3,(H,19,20,21)(H2,22,23,24)/t16-/m0/s1. The topological polar surface area (TPSA) is 88.2 Å². The Hall–Kier alpha value is -2.83. The van der Waals surface area contributed by atoms with Crippen molar-refractivity contribution in [1.29, 1.82) is 0 Å². The first-order valence-corrected chi connectivity index (χ1v) is 8.45. The summed E-state index contributed by atoms with van der Waals surface area (Å²) in [5.74, 6) is 1.88. The van der Waals surface area contributed by atoms with Crippen LogP contribution in [0, 0.1) is 5.92 Å². The molecule has 0 unspecified atom stereocenters. The second-order valence-corrected chi connectivity index (χ2v) is 5.99. The van der Waals surface area contributed by atoms with Crippen LogP contribution in [0.25, 0.3) is 0 Å². The number of nitrogens with one attached hydrogen (secondary N) is 3. The lowest BCUT2D eigenvalue weighted by molar-refractivity contribution is 0.236. The molecule has 132 valence electrons. The molecule has 0 radical (unpaired) electrons. The minimum Gasteiger partial charge on any atom is -0.497 e. The van der Waals surface area contributed by atoms with Gasteiger partial charge in [-0.15, -0.1) is 0 Å². The maximum Gasteiger partial charge on any atom is 0.315 e. The largest absolute Gasteiger partial charge is 0.497 e.